The summed E-state index contributed by atoms with van der Waals surface area (Å²) >= 11 is 0. The van der Waals surface area contributed by atoms with E-state index in [2.05, 4.69) is 6.07 Å². The quantitative estimate of drug-likeness (QED) is 0.687. The topological polar surface area (TPSA) is 87.2 Å². The van der Waals surface area contributed by atoms with Gasteiger partial charge in [0.1, 0.15) is 0 Å². The van der Waals surface area contributed by atoms with Crippen LogP contribution in [0, 0.1) is 16.7 Å². The van der Waals surface area contributed by atoms with Crippen molar-refractivity contribution in [3.8, 4) is 6.07 Å². The molecule has 1 aliphatic heterocycles. The molecule has 0 spiro atoms. The van der Waals surface area contributed by atoms with Gasteiger partial charge in [-0.1, -0.05) is 0 Å². The molecule has 0 aromatic carbocycles. The van der Waals surface area contributed by atoms with E-state index < -0.39 is 6.04 Å². The summed E-state index contributed by atoms with van der Waals surface area (Å²) in [5.74, 6) is -0.420. The van der Waals surface area contributed by atoms with Crippen molar-refractivity contribution in [2.24, 2.45) is 11.1 Å². The van der Waals surface area contributed by atoms with Crippen molar-refractivity contribution in [3.63, 3.8) is 0 Å². The number of amides is 2. The van der Waals surface area contributed by atoms with Crippen molar-refractivity contribution < 1.29 is 9.59 Å². The Morgan fingerprint density at radius 3 is 2.75 bits per heavy atom. The molecule has 0 aromatic heterocycles. The maximum atomic E-state index is 11.7. The van der Waals surface area contributed by atoms with E-state index in [1.54, 1.807) is 0 Å². The van der Waals surface area contributed by atoms with E-state index in [9.17, 15) is 9.59 Å². The zero-order chi connectivity index (χ0) is 11.8. The molecule has 5 nitrogen and oxygen atoms in total. The Labute approximate surface area is 94.2 Å². The summed E-state index contributed by atoms with van der Waals surface area (Å²) in [5, 5.41) is 8.69. The van der Waals surface area contributed by atoms with E-state index in [0.717, 1.165) is 12.8 Å². The Bertz CT molecular complexity index is 368. The molecule has 1 saturated carbocycles. The van der Waals surface area contributed by atoms with E-state index in [1.807, 2.05) is 0 Å². The molecule has 2 amide bonds. The van der Waals surface area contributed by atoms with Crippen LogP contribution in [0.2, 0.25) is 0 Å². The number of carbonyl (C=O) groups is 2. The Morgan fingerprint density at radius 1 is 1.50 bits per heavy atom. The van der Waals surface area contributed by atoms with Crippen LogP contribution in [0.5, 0.6) is 0 Å². The van der Waals surface area contributed by atoms with Gasteiger partial charge in [-0.2, -0.15) is 5.26 Å². The summed E-state index contributed by atoms with van der Waals surface area (Å²) in [4.78, 5) is 24.6. The third-order valence-electron chi connectivity index (χ3n) is 3.46. The average molecular weight is 221 g/mol. The standard InChI is InChI=1S/C11H15N3O2/c12-6-5-11(3-4-11)7-14-9(15)2-1-8(13)10(14)16/h8H,1-5,7,13H2. The highest BCUT2D eigenvalue weighted by Crippen LogP contribution is 2.49. The van der Waals surface area contributed by atoms with Crippen LogP contribution in [-0.2, 0) is 9.59 Å². The lowest BCUT2D eigenvalue weighted by Crippen LogP contribution is -2.52. The van der Waals surface area contributed by atoms with Gasteiger partial charge in [0.25, 0.3) is 0 Å². The van der Waals surface area contributed by atoms with Gasteiger partial charge >= 0.3 is 0 Å². The minimum absolute atomic E-state index is 0.128. The van der Waals surface area contributed by atoms with Crippen LogP contribution in [-0.4, -0.2) is 29.3 Å². The summed E-state index contributed by atoms with van der Waals surface area (Å²) in [5.41, 5.74) is 5.51. The van der Waals surface area contributed by atoms with Crippen molar-refractivity contribution >= 4 is 11.8 Å². The van der Waals surface area contributed by atoms with Crippen LogP contribution in [0.15, 0.2) is 0 Å². The van der Waals surface area contributed by atoms with Crippen molar-refractivity contribution in [2.75, 3.05) is 6.54 Å². The highest BCUT2D eigenvalue weighted by molar-refractivity contribution is 6.00. The third-order valence-corrected chi connectivity index (χ3v) is 3.46. The van der Waals surface area contributed by atoms with Gasteiger partial charge in [0, 0.05) is 24.8 Å². The lowest BCUT2D eigenvalue weighted by molar-refractivity contribution is -0.150. The molecule has 16 heavy (non-hydrogen) atoms. The van der Waals surface area contributed by atoms with Gasteiger partial charge in [-0.15, -0.1) is 0 Å². The molecule has 1 saturated heterocycles. The number of nitrogens with two attached hydrogens (primary N) is 1. The van der Waals surface area contributed by atoms with Gasteiger partial charge in [-0.25, -0.2) is 0 Å². The molecule has 5 heteroatoms. The summed E-state index contributed by atoms with van der Waals surface area (Å²) in [7, 11) is 0. The van der Waals surface area contributed by atoms with Crippen molar-refractivity contribution in [3.05, 3.63) is 0 Å². The molecule has 0 radical (unpaired) electrons. The molecule has 1 heterocycles. The van der Waals surface area contributed by atoms with Gasteiger partial charge in [0.15, 0.2) is 0 Å². The molecule has 1 unspecified atom stereocenters. The second kappa shape index (κ2) is 3.87. The summed E-state index contributed by atoms with van der Waals surface area (Å²) in [6.07, 6.45) is 3.05. The minimum atomic E-state index is -0.546. The fourth-order valence-electron chi connectivity index (χ4n) is 2.10. The molecule has 2 fully saturated rings. The van der Waals surface area contributed by atoms with E-state index >= 15 is 0 Å². The molecule has 86 valence electrons. The van der Waals surface area contributed by atoms with Crippen LogP contribution >= 0.6 is 0 Å². The van der Waals surface area contributed by atoms with Gasteiger partial charge in [-0.3, -0.25) is 14.5 Å². The number of likely N-dealkylation sites (tertiary alicyclic amines) is 1. The molecule has 2 aliphatic rings. The smallest absolute Gasteiger partial charge is 0.246 e. The first kappa shape index (κ1) is 11.1. The first-order valence-corrected chi connectivity index (χ1v) is 5.55. The van der Waals surface area contributed by atoms with Crippen molar-refractivity contribution in [1.29, 1.82) is 5.26 Å². The van der Waals surface area contributed by atoms with Crippen molar-refractivity contribution in [2.45, 2.75) is 38.1 Å². The number of piperidine rings is 1. The van der Waals surface area contributed by atoms with Gasteiger partial charge < -0.3 is 5.73 Å². The third kappa shape index (κ3) is 1.93. The van der Waals surface area contributed by atoms with Crippen molar-refractivity contribution in [1.82, 2.24) is 4.90 Å². The average Bonchev–Trinajstić information content (AvgIpc) is 3.00. The Hall–Kier alpha value is -1.41. The predicted molar refractivity (Wildman–Crippen MR) is 55.8 cm³/mol. The fraction of sp³-hybridized carbons (Fsp3) is 0.727. The first-order chi connectivity index (χ1) is 7.58. The van der Waals surface area contributed by atoms with E-state index in [0.29, 0.717) is 25.8 Å². The number of nitrogens with zero attached hydrogens (tertiary/aromatic N) is 2. The number of hydrogen-bond donors (Lipinski definition) is 1. The number of hydrogen-bond acceptors (Lipinski definition) is 4. The van der Waals surface area contributed by atoms with Crippen LogP contribution in [0.4, 0.5) is 0 Å². The summed E-state index contributed by atoms with van der Waals surface area (Å²) in [6.45, 7) is 0.381. The SMILES string of the molecule is N#CCC1(CN2C(=O)CCC(N)C2=O)CC1. The second-order valence-corrected chi connectivity index (χ2v) is 4.80. The normalized spacial score (nSPS) is 27.8. The number of rotatable bonds is 3. The van der Waals surface area contributed by atoms with Gasteiger partial charge in [0.05, 0.1) is 12.1 Å². The van der Waals surface area contributed by atoms with Crippen LogP contribution in [0.1, 0.15) is 32.1 Å². The van der Waals surface area contributed by atoms with E-state index in [4.69, 9.17) is 11.0 Å². The molecule has 0 bridgehead atoms. The number of imide groups is 1. The minimum Gasteiger partial charge on any atom is -0.320 e. The summed E-state index contributed by atoms with van der Waals surface area (Å²) in [6, 6.07) is 1.57. The highest BCUT2D eigenvalue weighted by Gasteiger charge is 2.47. The molecule has 1 atom stereocenters. The van der Waals surface area contributed by atoms with E-state index in [-0.39, 0.29) is 17.2 Å². The molecular formula is C11H15N3O2. The van der Waals surface area contributed by atoms with Gasteiger partial charge in [-0.05, 0) is 19.3 Å². The second-order valence-electron chi connectivity index (χ2n) is 4.80. The highest BCUT2D eigenvalue weighted by atomic mass is 16.2. The largest absolute Gasteiger partial charge is 0.320 e. The zero-order valence-electron chi connectivity index (χ0n) is 9.11. The monoisotopic (exact) mass is 221 g/mol. The van der Waals surface area contributed by atoms with Crippen LogP contribution < -0.4 is 5.73 Å². The predicted octanol–water partition coefficient (Wildman–Crippen LogP) is 0.157. The first-order valence-electron chi connectivity index (χ1n) is 5.55. The zero-order valence-corrected chi connectivity index (χ0v) is 9.11. The number of carbonyl (C=O) groups excluding carboxylic acids is 2. The van der Waals surface area contributed by atoms with E-state index in [1.165, 1.54) is 4.90 Å². The van der Waals surface area contributed by atoms with Gasteiger partial charge in [0.2, 0.25) is 11.8 Å². The maximum Gasteiger partial charge on any atom is 0.246 e. The molecule has 2 rings (SSSR count). The fourth-order valence-corrected chi connectivity index (χ4v) is 2.10. The Kier molecular flexibility index (Phi) is 2.68. The lowest BCUT2D eigenvalue weighted by atomic mass is 9.99. The molecule has 1 aliphatic carbocycles. The molecule has 2 N–H and O–H groups in total. The molecular weight excluding hydrogens is 206 g/mol. The molecule has 0 aromatic rings. The van der Waals surface area contributed by atoms with Crippen LogP contribution in [0.3, 0.4) is 0 Å². The summed E-state index contributed by atoms with van der Waals surface area (Å²) < 4.78 is 0. The van der Waals surface area contributed by atoms with Crippen LogP contribution in [0.25, 0.3) is 0 Å². The maximum absolute atomic E-state index is 11.7. The lowest BCUT2D eigenvalue weighted by Gasteiger charge is -2.31. The Balaban J connectivity index is 2.05. The Morgan fingerprint density at radius 2 is 2.19 bits per heavy atom. The number of nitriles is 1.